The van der Waals surface area contributed by atoms with Gasteiger partial charge in [0.15, 0.2) is 5.76 Å². The van der Waals surface area contributed by atoms with Crippen LogP contribution >= 0.6 is 0 Å². The van der Waals surface area contributed by atoms with E-state index in [1.807, 2.05) is 0 Å². The molecule has 6 nitrogen and oxygen atoms in total. The predicted octanol–water partition coefficient (Wildman–Crippen LogP) is 2.40. The van der Waals surface area contributed by atoms with Gasteiger partial charge in [0.25, 0.3) is 5.89 Å². The van der Waals surface area contributed by atoms with Gasteiger partial charge >= 0.3 is 11.8 Å². The van der Waals surface area contributed by atoms with Crippen LogP contribution < -0.4 is 5.32 Å². The first-order valence-electron chi connectivity index (χ1n) is 6.12. The molecule has 0 radical (unpaired) electrons. The lowest BCUT2D eigenvalue weighted by atomic mass is 10.2. The first kappa shape index (κ1) is 13.0. The Kier molecular flexibility index (Phi) is 3.46. The standard InChI is InChI=1S/C14H10FN3O3/c15-10-5-3-9(4-6-10)8-16-12(19)14-18-17-13(21-14)11-2-1-7-20-11/h1-7H,8H2,(H,16,19). The van der Waals surface area contributed by atoms with Gasteiger partial charge in [-0.2, -0.15) is 0 Å². The van der Waals surface area contributed by atoms with Crippen LogP contribution in [-0.4, -0.2) is 16.1 Å². The Labute approximate surface area is 118 Å². The maximum atomic E-state index is 12.8. The highest BCUT2D eigenvalue weighted by Crippen LogP contribution is 2.17. The van der Waals surface area contributed by atoms with Crippen LogP contribution in [0.1, 0.15) is 16.2 Å². The van der Waals surface area contributed by atoms with Crippen molar-refractivity contribution in [2.45, 2.75) is 6.54 Å². The molecule has 2 heterocycles. The van der Waals surface area contributed by atoms with Crippen LogP contribution in [0.5, 0.6) is 0 Å². The van der Waals surface area contributed by atoms with Crippen LogP contribution in [-0.2, 0) is 6.54 Å². The largest absolute Gasteiger partial charge is 0.459 e. The predicted molar refractivity (Wildman–Crippen MR) is 69.6 cm³/mol. The van der Waals surface area contributed by atoms with Crippen molar-refractivity contribution in [3.63, 3.8) is 0 Å². The summed E-state index contributed by atoms with van der Waals surface area (Å²) in [6.07, 6.45) is 1.47. The zero-order valence-electron chi connectivity index (χ0n) is 10.7. The van der Waals surface area contributed by atoms with Crippen LogP contribution in [0, 0.1) is 5.82 Å². The molecule has 0 aliphatic carbocycles. The Morgan fingerprint density at radius 2 is 2.00 bits per heavy atom. The number of carbonyl (C=O) groups excluding carboxylic acids is 1. The SMILES string of the molecule is O=C(NCc1ccc(F)cc1)c1nnc(-c2ccco2)o1. The summed E-state index contributed by atoms with van der Waals surface area (Å²) < 4.78 is 23.1. The first-order valence-corrected chi connectivity index (χ1v) is 6.12. The molecule has 21 heavy (non-hydrogen) atoms. The molecule has 106 valence electrons. The topological polar surface area (TPSA) is 81.2 Å². The fourth-order valence-electron chi connectivity index (χ4n) is 1.68. The highest BCUT2D eigenvalue weighted by molar-refractivity contribution is 5.89. The average molecular weight is 287 g/mol. The lowest BCUT2D eigenvalue weighted by Crippen LogP contribution is -2.23. The van der Waals surface area contributed by atoms with E-state index in [1.54, 1.807) is 24.3 Å². The molecule has 0 bridgehead atoms. The third kappa shape index (κ3) is 2.97. The lowest BCUT2D eigenvalue weighted by molar-refractivity contribution is 0.0916. The van der Waals surface area contributed by atoms with E-state index >= 15 is 0 Å². The van der Waals surface area contributed by atoms with Crippen molar-refractivity contribution in [1.29, 1.82) is 0 Å². The molecule has 1 N–H and O–H groups in total. The molecule has 0 spiro atoms. The Bertz CT molecular complexity index is 735. The smallest absolute Gasteiger partial charge is 0.309 e. The molecule has 0 aliphatic heterocycles. The van der Waals surface area contributed by atoms with Gasteiger partial charge < -0.3 is 14.2 Å². The van der Waals surface area contributed by atoms with E-state index in [0.29, 0.717) is 5.76 Å². The van der Waals surface area contributed by atoms with E-state index in [0.717, 1.165) is 5.56 Å². The Balaban J connectivity index is 1.64. The quantitative estimate of drug-likeness (QED) is 0.796. The molecular formula is C14H10FN3O3. The number of nitrogens with zero attached hydrogens (tertiary/aromatic N) is 2. The second-order valence-electron chi connectivity index (χ2n) is 4.20. The number of carbonyl (C=O) groups is 1. The molecule has 0 unspecified atom stereocenters. The van der Waals surface area contributed by atoms with Gasteiger partial charge in [-0.15, -0.1) is 10.2 Å². The van der Waals surface area contributed by atoms with Gasteiger partial charge in [0, 0.05) is 6.54 Å². The van der Waals surface area contributed by atoms with E-state index < -0.39 is 5.91 Å². The summed E-state index contributed by atoms with van der Waals surface area (Å²) in [6, 6.07) is 9.13. The molecule has 1 aromatic carbocycles. The molecule has 0 saturated heterocycles. The van der Waals surface area contributed by atoms with Crippen molar-refractivity contribution in [3.8, 4) is 11.7 Å². The van der Waals surface area contributed by atoms with Crippen LogP contribution in [0.3, 0.4) is 0 Å². The Morgan fingerprint density at radius 3 is 2.71 bits per heavy atom. The van der Waals surface area contributed by atoms with E-state index in [1.165, 1.54) is 18.4 Å². The van der Waals surface area contributed by atoms with Crippen molar-refractivity contribution in [2.75, 3.05) is 0 Å². The summed E-state index contributed by atoms with van der Waals surface area (Å²) >= 11 is 0. The Morgan fingerprint density at radius 1 is 1.19 bits per heavy atom. The Hall–Kier alpha value is -2.96. The van der Waals surface area contributed by atoms with Gasteiger partial charge in [0.1, 0.15) is 5.82 Å². The summed E-state index contributed by atoms with van der Waals surface area (Å²) in [7, 11) is 0. The van der Waals surface area contributed by atoms with Crippen molar-refractivity contribution in [3.05, 3.63) is 59.9 Å². The van der Waals surface area contributed by atoms with Gasteiger partial charge in [-0.1, -0.05) is 12.1 Å². The van der Waals surface area contributed by atoms with Crippen molar-refractivity contribution in [1.82, 2.24) is 15.5 Å². The third-order valence-electron chi connectivity index (χ3n) is 2.72. The number of halogens is 1. The molecule has 1 amide bonds. The van der Waals surface area contributed by atoms with Gasteiger partial charge in [-0.05, 0) is 29.8 Å². The monoisotopic (exact) mass is 287 g/mol. The highest BCUT2D eigenvalue weighted by atomic mass is 19.1. The minimum atomic E-state index is -0.510. The minimum absolute atomic E-state index is 0.131. The average Bonchev–Trinajstić information content (AvgIpc) is 3.17. The number of rotatable bonds is 4. The summed E-state index contributed by atoms with van der Waals surface area (Å²) in [5.41, 5.74) is 0.760. The second-order valence-corrected chi connectivity index (χ2v) is 4.20. The molecule has 3 rings (SSSR count). The summed E-state index contributed by atoms with van der Waals surface area (Å²) in [6.45, 7) is 0.234. The van der Waals surface area contributed by atoms with Gasteiger partial charge in [-0.3, -0.25) is 4.79 Å². The number of hydrogen-bond acceptors (Lipinski definition) is 5. The summed E-state index contributed by atoms with van der Waals surface area (Å²) in [5.74, 6) is -0.481. The van der Waals surface area contributed by atoms with Gasteiger partial charge in [-0.25, -0.2) is 4.39 Å². The van der Waals surface area contributed by atoms with E-state index in [2.05, 4.69) is 15.5 Å². The van der Waals surface area contributed by atoms with Gasteiger partial charge in [0.05, 0.1) is 6.26 Å². The van der Waals surface area contributed by atoms with Crippen molar-refractivity contribution < 1.29 is 18.0 Å². The van der Waals surface area contributed by atoms with Crippen LogP contribution in [0.2, 0.25) is 0 Å². The molecule has 2 aromatic heterocycles. The number of amides is 1. The van der Waals surface area contributed by atoms with Crippen LogP contribution in [0.25, 0.3) is 11.7 Å². The highest BCUT2D eigenvalue weighted by Gasteiger charge is 2.16. The maximum Gasteiger partial charge on any atom is 0.309 e. The maximum absolute atomic E-state index is 12.8. The third-order valence-corrected chi connectivity index (χ3v) is 2.72. The van der Waals surface area contributed by atoms with Crippen molar-refractivity contribution in [2.24, 2.45) is 0 Å². The van der Waals surface area contributed by atoms with Crippen LogP contribution in [0.15, 0.2) is 51.5 Å². The zero-order valence-corrected chi connectivity index (χ0v) is 10.7. The molecule has 0 aliphatic rings. The fraction of sp³-hybridized carbons (Fsp3) is 0.0714. The van der Waals surface area contributed by atoms with Crippen LogP contribution in [0.4, 0.5) is 4.39 Å². The molecular weight excluding hydrogens is 277 g/mol. The summed E-state index contributed by atoms with van der Waals surface area (Å²) in [4.78, 5) is 11.9. The number of benzene rings is 1. The molecule has 0 atom stereocenters. The van der Waals surface area contributed by atoms with E-state index in [4.69, 9.17) is 8.83 Å². The van der Waals surface area contributed by atoms with Crippen molar-refractivity contribution >= 4 is 5.91 Å². The fourth-order valence-corrected chi connectivity index (χ4v) is 1.68. The normalized spacial score (nSPS) is 10.5. The first-order chi connectivity index (χ1) is 10.2. The van der Waals surface area contributed by atoms with E-state index in [-0.39, 0.29) is 24.1 Å². The molecule has 7 heteroatoms. The summed E-state index contributed by atoms with van der Waals surface area (Å²) in [5, 5.41) is 9.98. The number of hydrogen-bond donors (Lipinski definition) is 1. The lowest BCUT2D eigenvalue weighted by Gasteiger charge is -2.02. The second kappa shape index (κ2) is 5.58. The van der Waals surface area contributed by atoms with E-state index in [9.17, 15) is 9.18 Å². The molecule has 0 saturated carbocycles. The van der Waals surface area contributed by atoms with Gasteiger partial charge in [0.2, 0.25) is 0 Å². The number of furan rings is 1. The minimum Gasteiger partial charge on any atom is -0.459 e. The number of aromatic nitrogens is 2. The molecule has 0 fully saturated rings. The molecule has 3 aromatic rings. The zero-order chi connectivity index (χ0) is 14.7. The number of nitrogens with one attached hydrogen (secondary N) is 1.